The number of carboxylic acid groups (broad SMARTS) is 1. The molecule has 7 rings (SSSR count). The van der Waals surface area contributed by atoms with Crippen molar-refractivity contribution < 1.29 is 14.7 Å². The molecule has 0 aliphatic heterocycles. The van der Waals surface area contributed by atoms with Crippen molar-refractivity contribution in [3.8, 4) is 0 Å². The summed E-state index contributed by atoms with van der Waals surface area (Å²) in [5, 5.41) is 17.8. The average Bonchev–Trinajstić information content (AvgIpc) is 3.16. The molecule has 1 aromatic carbocycles. The van der Waals surface area contributed by atoms with Crippen LogP contribution in [-0.4, -0.2) is 32.8 Å². The molecule has 2 aromatic rings. The highest BCUT2D eigenvalue weighted by atomic mass is 16.4. The summed E-state index contributed by atoms with van der Waals surface area (Å²) in [6, 6.07) is 10.2. The van der Waals surface area contributed by atoms with Crippen molar-refractivity contribution in [2.45, 2.75) is 77.3 Å². The fourth-order valence-electron chi connectivity index (χ4n) is 8.09. The molecular weight excluding hydrogens is 426 g/mol. The predicted octanol–water partition coefficient (Wildman–Crippen LogP) is 4.46. The Kier molecular flexibility index (Phi) is 5.30. The molecule has 1 aromatic heterocycles. The number of rotatable bonds is 6. The molecule has 180 valence electrons. The predicted molar refractivity (Wildman–Crippen MR) is 128 cm³/mol. The quantitative estimate of drug-likeness (QED) is 0.665. The maximum Gasteiger partial charge on any atom is 0.306 e. The van der Waals surface area contributed by atoms with E-state index in [4.69, 9.17) is 5.10 Å². The lowest BCUT2D eigenvalue weighted by Crippen LogP contribution is -2.55. The number of amides is 1. The molecule has 4 bridgehead atoms. The van der Waals surface area contributed by atoms with Gasteiger partial charge >= 0.3 is 5.97 Å². The highest BCUT2D eigenvalue weighted by Gasteiger charge is 2.53. The van der Waals surface area contributed by atoms with Crippen LogP contribution in [0.25, 0.3) is 0 Å². The Morgan fingerprint density at radius 3 is 2.38 bits per heavy atom. The second kappa shape index (κ2) is 8.24. The van der Waals surface area contributed by atoms with Crippen LogP contribution in [0, 0.1) is 29.1 Å². The van der Waals surface area contributed by atoms with Gasteiger partial charge in [-0.05, 0) is 93.4 Å². The first-order valence-corrected chi connectivity index (χ1v) is 13.1. The fourth-order valence-corrected chi connectivity index (χ4v) is 8.09. The Balaban J connectivity index is 1.27. The summed E-state index contributed by atoms with van der Waals surface area (Å²) in [4.78, 5) is 25.4. The maximum absolute atomic E-state index is 13.6. The van der Waals surface area contributed by atoms with E-state index in [0.717, 1.165) is 34.6 Å². The Morgan fingerprint density at radius 1 is 1.12 bits per heavy atom. The fraction of sp³-hybridized carbons (Fsp3) is 0.607. The molecule has 4 fully saturated rings. The smallest absolute Gasteiger partial charge is 0.306 e. The lowest BCUT2D eigenvalue weighted by Gasteiger charge is -2.59. The van der Waals surface area contributed by atoms with Crippen molar-refractivity contribution in [3.63, 3.8) is 0 Å². The van der Waals surface area contributed by atoms with Gasteiger partial charge in [0.05, 0.1) is 12.5 Å². The van der Waals surface area contributed by atoms with E-state index in [1.54, 1.807) is 0 Å². The third-order valence-electron chi connectivity index (χ3n) is 9.44. The van der Waals surface area contributed by atoms with Gasteiger partial charge in [-0.15, -0.1) is 0 Å². The molecule has 0 saturated heterocycles. The van der Waals surface area contributed by atoms with Gasteiger partial charge in [0.25, 0.3) is 5.91 Å². The molecular formula is C28H35N3O3. The van der Waals surface area contributed by atoms with Gasteiger partial charge in [0.1, 0.15) is 0 Å². The van der Waals surface area contributed by atoms with E-state index in [9.17, 15) is 14.7 Å². The number of nitrogens with zero attached hydrogens (tertiary/aromatic N) is 2. The van der Waals surface area contributed by atoms with E-state index in [1.165, 1.54) is 38.5 Å². The van der Waals surface area contributed by atoms with Crippen molar-refractivity contribution in [3.05, 3.63) is 52.8 Å². The van der Waals surface area contributed by atoms with E-state index in [1.807, 2.05) is 22.9 Å². The van der Waals surface area contributed by atoms with E-state index in [-0.39, 0.29) is 17.4 Å². The largest absolute Gasteiger partial charge is 0.481 e. The highest BCUT2D eigenvalue weighted by molar-refractivity contribution is 5.94. The SMILES string of the molecule is CC(NC(=O)c1nn(Cc2ccccc2)c2c1CC(C(=O)O)CC2)C12CC3CC(CC(C3)C1)C2. The number of carboxylic acids is 1. The average molecular weight is 462 g/mol. The van der Waals surface area contributed by atoms with Crippen molar-refractivity contribution in [1.29, 1.82) is 0 Å². The van der Waals surface area contributed by atoms with Crippen LogP contribution in [0.1, 0.15) is 79.2 Å². The molecule has 0 spiro atoms. The van der Waals surface area contributed by atoms with E-state index >= 15 is 0 Å². The van der Waals surface area contributed by atoms with Crippen molar-refractivity contribution in [2.24, 2.45) is 29.1 Å². The Morgan fingerprint density at radius 2 is 1.76 bits per heavy atom. The molecule has 0 radical (unpaired) electrons. The van der Waals surface area contributed by atoms with Crippen molar-refractivity contribution >= 4 is 11.9 Å². The van der Waals surface area contributed by atoms with E-state index < -0.39 is 11.9 Å². The van der Waals surface area contributed by atoms with Gasteiger partial charge in [-0.1, -0.05) is 30.3 Å². The molecule has 34 heavy (non-hydrogen) atoms. The summed E-state index contributed by atoms with van der Waals surface area (Å²) < 4.78 is 1.94. The van der Waals surface area contributed by atoms with Crippen LogP contribution in [0.4, 0.5) is 0 Å². The Labute approximate surface area is 201 Å². The maximum atomic E-state index is 13.6. The van der Waals surface area contributed by atoms with Gasteiger partial charge in [-0.3, -0.25) is 14.3 Å². The summed E-state index contributed by atoms with van der Waals surface area (Å²) in [6.45, 7) is 2.79. The Bertz CT molecular complexity index is 1070. The van der Waals surface area contributed by atoms with Gasteiger partial charge in [0, 0.05) is 17.3 Å². The summed E-state index contributed by atoms with van der Waals surface area (Å²) in [6.07, 6.45) is 9.48. The third kappa shape index (κ3) is 3.75. The molecule has 5 aliphatic rings. The first-order chi connectivity index (χ1) is 16.4. The zero-order chi connectivity index (χ0) is 23.4. The molecule has 5 aliphatic carbocycles. The monoisotopic (exact) mass is 461 g/mol. The molecule has 6 heteroatoms. The number of nitrogens with one attached hydrogen (secondary N) is 1. The van der Waals surface area contributed by atoms with Gasteiger partial charge in [0.15, 0.2) is 5.69 Å². The number of hydrogen-bond acceptors (Lipinski definition) is 3. The van der Waals surface area contributed by atoms with Crippen LogP contribution in [-0.2, 0) is 24.2 Å². The van der Waals surface area contributed by atoms with Crippen LogP contribution < -0.4 is 5.32 Å². The third-order valence-corrected chi connectivity index (χ3v) is 9.44. The van der Waals surface area contributed by atoms with Crippen LogP contribution in [0.3, 0.4) is 0 Å². The van der Waals surface area contributed by atoms with E-state index in [0.29, 0.717) is 31.5 Å². The van der Waals surface area contributed by atoms with Crippen LogP contribution in [0.15, 0.2) is 30.3 Å². The zero-order valence-electron chi connectivity index (χ0n) is 20.0. The first-order valence-electron chi connectivity index (χ1n) is 13.1. The molecule has 1 heterocycles. The summed E-state index contributed by atoms with van der Waals surface area (Å²) >= 11 is 0. The Hall–Kier alpha value is -2.63. The number of benzene rings is 1. The van der Waals surface area contributed by atoms with Gasteiger partial charge in [-0.25, -0.2) is 0 Å². The molecule has 2 unspecified atom stereocenters. The van der Waals surface area contributed by atoms with Crippen LogP contribution in [0.2, 0.25) is 0 Å². The van der Waals surface area contributed by atoms with Crippen molar-refractivity contribution in [2.75, 3.05) is 0 Å². The molecule has 6 nitrogen and oxygen atoms in total. The van der Waals surface area contributed by atoms with Gasteiger partial charge in [-0.2, -0.15) is 5.10 Å². The second-order valence-corrected chi connectivity index (χ2v) is 11.7. The number of fused-ring (bicyclic) bond motifs is 1. The number of carbonyl (C=O) groups is 2. The number of aromatic nitrogens is 2. The number of aliphatic carboxylic acids is 1. The molecule has 2 atom stereocenters. The first kappa shape index (κ1) is 21.9. The van der Waals surface area contributed by atoms with Crippen LogP contribution >= 0.6 is 0 Å². The molecule has 1 amide bonds. The van der Waals surface area contributed by atoms with Crippen LogP contribution in [0.5, 0.6) is 0 Å². The minimum atomic E-state index is -0.783. The second-order valence-electron chi connectivity index (χ2n) is 11.7. The van der Waals surface area contributed by atoms with Gasteiger partial charge < -0.3 is 10.4 Å². The van der Waals surface area contributed by atoms with Gasteiger partial charge in [0.2, 0.25) is 0 Å². The number of hydrogen-bond donors (Lipinski definition) is 2. The lowest BCUT2D eigenvalue weighted by atomic mass is 9.48. The summed E-state index contributed by atoms with van der Waals surface area (Å²) in [5.41, 5.74) is 3.65. The molecule has 2 N–H and O–H groups in total. The molecule has 4 saturated carbocycles. The normalized spacial score (nSPS) is 32.3. The lowest BCUT2D eigenvalue weighted by molar-refractivity contribution is -0.142. The minimum absolute atomic E-state index is 0.113. The topological polar surface area (TPSA) is 84.2 Å². The highest BCUT2D eigenvalue weighted by Crippen LogP contribution is 2.61. The summed E-state index contributed by atoms with van der Waals surface area (Å²) in [7, 11) is 0. The number of carbonyl (C=O) groups excluding carboxylic acids is 1. The van der Waals surface area contributed by atoms with Crippen molar-refractivity contribution in [1.82, 2.24) is 15.1 Å². The zero-order valence-corrected chi connectivity index (χ0v) is 20.0. The van der Waals surface area contributed by atoms with E-state index in [2.05, 4.69) is 24.4 Å². The summed E-state index contributed by atoms with van der Waals surface area (Å²) in [5.74, 6) is 1.14. The standard InChI is InChI=1S/C28H35N3O3/c1-17(28-13-19-9-20(14-28)11-21(10-19)15-28)29-26(32)25-23-12-22(27(33)34)7-8-24(23)31(30-25)16-18-5-3-2-4-6-18/h2-6,17,19-22H,7-16H2,1H3,(H,29,32)(H,33,34). The minimum Gasteiger partial charge on any atom is -0.481 e.